The highest BCUT2D eigenvalue weighted by Crippen LogP contribution is 2.31. The minimum atomic E-state index is -0.240. The van der Waals surface area contributed by atoms with Gasteiger partial charge in [0.05, 0.1) is 16.3 Å². The third-order valence-corrected chi connectivity index (χ3v) is 5.89. The van der Waals surface area contributed by atoms with Gasteiger partial charge in [0.2, 0.25) is 0 Å². The van der Waals surface area contributed by atoms with E-state index < -0.39 is 0 Å². The molecular formula is C22H22FN3OS. The zero-order chi connectivity index (χ0) is 19.7. The van der Waals surface area contributed by atoms with E-state index in [2.05, 4.69) is 15.2 Å². The highest BCUT2D eigenvalue weighted by molar-refractivity contribution is 8.18. The number of benzene rings is 2. The number of thioether (sulfide) groups is 1. The largest absolute Gasteiger partial charge is 0.369 e. The van der Waals surface area contributed by atoms with Crippen LogP contribution in [0.25, 0.3) is 6.08 Å². The Morgan fingerprint density at radius 1 is 1.14 bits per heavy atom. The summed E-state index contributed by atoms with van der Waals surface area (Å²) in [5, 5.41) is 3.32. The van der Waals surface area contributed by atoms with Crippen LogP contribution in [-0.4, -0.2) is 24.2 Å². The molecule has 0 aromatic heterocycles. The fourth-order valence-corrected chi connectivity index (χ4v) is 4.23. The number of rotatable bonds is 3. The van der Waals surface area contributed by atoms with Crippen molar-refractivity contribution in [3.63, 3.8) is 0 Å². The van der Waals surface area contributed by atoms with Crippen molar-refractivity contribution in [3.8, 4) is 0 Å². The molecule has 0 aliphatic carbocycles. The summed E-state index contributed by atoms with van der Waals surface area (Å²) in [5.41, 5.74) is 4.26. The molecule has 2 aliphatic heterocycles. The summed E-state index contributed by atoms with van der Waals surface area (Å²) in [4.78, 5) is 19.4. The van der Waals surface area contributed by atoms with Crippen molar-refractivity contribution in [3.05, 3.63) is 63.8 Å². The molecule has 1 amide bonds. The smallest absolute Gasteiger partial charge is 0.264 e. The van der Waals surface area contributed by atoms with Crippen molar-refractivity contribution >= 4 is 40.3 Å². The van der Waals surface area contributed by atoms with Crippen LogP contribution in [0.3, 0.4) is 0 Å². The van der Waals surface area contributed by atoms with Crippen LogP contribution in [0.1, 0.15) is 29.5 Å². The summed E-state index contributed by atoms with van der Waals surface area (Å²) < 4.78 is 14.6. The minimum Gasteiger partial charge on any atom is -0.369 e. The van der Waals surface area contributed by atoms with Crippen molar-refractivity contribution in [2.24, 2.45) is 4.99 Å². The number of hydrogen-bond donors (Lipinski definition) is 1. The molecule has 0 atom stereocenters. The van der Waals surface area contributed by atoms with Crippen molar-refractivity contribution < 1.29 is 9.18 Å². The molecule has 4 rings (SSSR count). The Balaban J connectivity index is 1.57. The number of carbonyl (C=O) groups is 1. The van der Waals surface area contributed by atoms with Gasteiger partial charge >= 0.3 is 0 Å². The van der Waals surface area contributed by atoms with E-state index in [-0.39, 0.29) is 11.7 Å². The fraction of sp³-hybridized carbons (Fsp3) is 0.273. The number of aryl methyl sites for hydroxylation is 2. The Morgan fingerprint density at radius 3 is 2.57 bits per heavy atom. The number of nitrogens with zero attached hydrogens (tertiary/aromatic N) is 2. The summed E-state index contributed by atoms with van der Waals surface area (Å²) in [5.74, 6) is -0.449. The Labute approximate surface area is 168 Å². The van der Waals surface area contributed by atoms with Crippen LogP contribution >= 0.6 is 11.8 Å². The Bertz CT molecular complexity index is 976. The van der Waals surface area contributed by atoms with E-state index in [0.29, 0.717) is 15.8 Å². The first-order chi connectivity index (χ1) is 13.5. The molecule has 0 saturated carbocycles. The lowest BCUT2D eigenvalue weighted by Crippen LogP contribution is -2.19. The van der Waals surface area contributed by atoms with E-state index in [4.69, 9.17) is 0 Å². The maximum absolute atomic E-state index is 14.6. The number of amides is 1. The van der Waals surface area contributed by atoms with Gasteiger partial charge in [0.1, 0.15) is 5.82 Å². The molecule has 2 aliphatic rings. The van der Waals surface area contributed by atoms with E-state index in [1.165, 1.54) is 17.8 Å². The average Bonchev–Trinajstić information content (AvgIpc) is 3.30. The molecule has 2 heterocycles. The van der Waals surface area contributed by atoms with Crippen LogP contribution in [-0.2, 0) is 4.79 Å². The van der Waals surface area contributed by atoms with Gasteiger partial charge in [-0.05, 0) is 79.9 Å². The Kier molecular flexibility index (Phi) is 5.22. The van der Waals surface area contributed by atoms with Crippen LogP contribution in [0.4, 0.5) is 15.8 Å². The van der Waals surface area contributed by atoms with Crippen molar-refractivity contribution in [1.82, 2.24) is 5.32 Å². The molecule has 144 valence electrons. The second-order valence-corrected chi connectivity index (χ2v) is 8.20. The van der Waals surface area contributed by atoms with Gasteiger partial charge in [-0.15, -0.1) is 0 Å². The minimum absolute atomic E-state index is 0.209. The van der Waals surface area contributed by atoms with E-state index >= 15 is 0 Å². The number of aliphatic imine (C=N–C) groups is 1. The number of anilines is 1. The average molecular weight is 396 g/mol. The van der Waals surface area contributed by atoms with Gasteiger partial charge in [0.15, 0.2) is 5.17 Å². The lowest BCUT2D eigenvalue weighted by Gasteiger charge is -2.19. The highest BCUT2D eigenvalue weighted by atomic mass is 32.2. The monoisotopic (exact) mass is 395 g/mol. The predicted molar refractivity (Wildman–Crippen MR) is 115 cm³/mol. The maximum atomic E-state index is 14.6. The molecule has 0 spiro atoms. The quantitative estimate of drug-likeness (QED) is 0.749. The lowest BCUT2D eigenvalue weighted by atomic mass is 10.1. The van der Waals surface area contributed by atoms with Crippen LogP contribution in [0.5, 0.6) is 0 Å². The number of nitrogens with one attached hydrogen (secondary N) is 1. The molecule has 2 aromatic rings. The standard InChI is InChI=1S/C22H22FN3OS/c1-14-5-7-17(8-6-14)24-22-25-21(27)20(28-22)13-16-12-18(23)19(11-15(16)2)26-9-3-4-10-26/h5-8,11-13H,3-4,9-10H2,1-2H3,(H,24,25,27). The van der Waals surface area contributed by atoms with E-state index in [1.807, 2.05) is 44.2 Å². The molecule has 6 heteroatoms. The SMILES string of the molecule is Cc1ccc(N=C2NC(=O)C(=Cc3cc(F)c(N4CCCC4)cc3C)S2)cc1. The third-order valence-electron chi connectivity index (χ3n) is 4.98. The molecule has 0 unspecified atom stereocenters. The van der Waals surface area contributed by atoms with Gasteiger partial charge < -0.3 is 10.2 Å². The molecule has 2 fully saturated rings. The first kappa shape index (κ1) is 18.7. The molecular weight excluding hydrogens is 373 g/mol. The zero-order valence-electron chi connectivity index (χ0n) is 16.0. The van der Waals surface area contributed by atoms with Crippen molar-refractivity contribution in [1.29, 1.82) is 0 Å². The normalized spacial score (nSPS) is 19.7. The highest BCUT2D eigenvalue weighted by Gasteiger charge is 2.24. The van der Waals surface area contributed by atoms with Gasteiger partial charge in [-0.2, -0.15) is 0 Å². The van der Waals surface area contributed by atoms with Gasteiger partial charge in [0, 0.05) is 13.1 Å². The number of carbonyl (C=O) groups excluding carboxylic acids is 1. The Morgan fingerprint density at radius 2 is 1.86 bits per heavy atom. The van der Waals surface area contributed by atoms with E-state index in [0.717, 1.165) is 48.3 Å². The molecule has 0 radical (unpaired) electrons. The summed E-state index contributed by atoms with van der Waals surface area (Å²) in [7, 11) is 0. The first-order valence-electron chi connectivity index (χ1n) is 9.41. The van der Waals surface area contributed by atoms with Crippen LogP contribution < -0.4 is 10.2 Å². The maximum Gasteiger partial charge on any atom is 0.264 e. The van der Waals surface area contributed by atoms with Crippen LogP contribution in [0.2, 0.25) is 0 Å². The summed E-state index contributed by atoms with van der Waals surface area (Å²) in [6, 6.07) is 11.2. The first-order valence-corrected chi connectivity index (χ1v) is 10.2. The lowest BCUT2D eigenvalue weighted by molar-refractivity contribution is -0.115. The molecule has 0 bridgehead atoms. The van der Waals surface area contributed by atoms with Crippen molar-refractivity contribution in [2.75, 3.05) is 18.0 Å². The zero-order valence-corrected chi connectivity index (χ0v) is 16.8. The molecule has 2 saturated heterocycles. The van der Waals surface area contributed by atoms with E-state index in [9.17, 15) is 9.18 Å². The summed E-state index contributed by atoms with van der Waals surface area (Å²) >= 11 is 1.27. The predicted octanol–water partition coefficient (Wildman–Crippen LogP) is 4.93. The number of hydrogen-bond acceptors (Lipinski definition) is 4. The topological polar surface area (TPSA) is 44.7 Å². The van der Waals surface area contributed by atoms with Gasteiger partial charge in [-0.3, -0.25) is 4.79 Å². The van der Waals surface area contributed by atoms with Crippen LogP contribution in [0, 0.1) is 19.7 Å². The molecule has 4 nitrogen and oxygen atoms in total. The molecule has 1 N–H and O–H groups in total. The van der Waals surface area contributed by atoms with Gasteiger partial charge in [-0.1, -0.05) is 17.7 Å². The second-order valence-electron chi connectivity index (χ2n) is 7.17. The number of halogens is 1. The second kappa shape index (κ2) is 7.80. The van der Waals surface area contributed by atoms with E-state index in [1.54, 1.807) is 6.08 Å². The van der Waals surface area contributed by atoms with Gasteiger partial charge in [-0.25, -0.2) is 9.38 Å². The van der Waals surface area contributed by atoms with Crippen LogP contribution in [0.15, 0.2) is 46.3 Å². The molecule has 28 heavy (non-hydrogen) atoms. The fourth-order valence-electron chi connectivity index (χ4n) is 3.40. The Hall–Kier alpha value is -2.60. The summed E-state index contributed by atoms with van der Waals surface area (Å²) in [6.07, 6.45) is 3.94. The van der Waals surface area contributed by atoms with Crippen molar-refractivity contribution in [2.45, 2.75) is 26.7 Å². The molecule has 2 aromatic carbocycles. The third kappa shape index (κ3) is 3.97. The number of amidine groups is 1. The van der Waals surface area contributed by atoms with Gasteiger partial charge in [0.25, 0.3) is 5.91 Å². The summed E-state index contributed by atoms with van der Waals surface area (Å²) in [6.45, 7) is 5.76.